The number of carbonyl (C=O) groups is 1. The summed E-state index contributed by atoms with van der Waals surface area (Å²) in [5.41, 5.74) is 0. The molecule has 1 amide bonds. The van der Waals surface area contributed by atoms with Gasteiger partial charge in [0, 0.05) is 26.2 Å². The van der Waals surface area contributed by atoms with Crippen molar-refractivity contribution in [2.75, 3.05) is 39.4 Å². The van der Waals surface area contributed by atoms with Crippen molar-refractivity contribution in [2.45, 2.75) is 18.6 Å². The summed E-state index contributed by atoms with van der Waals surface area (Å²) in [7, 11) is -3.33. The minimum absolute atomic E-state index is 0.120. The number of morpholine rings is 1. The first-order valence-corrected chi connectivity index (χ1v) is 9.65. The Hall–Kier alpha value is -1.03. The maximum absolute atomic E-state index is 12.4. The SMILES string of the molecule is CCc1ncc(C(=O)N2CC(S(=O)(=O)N3CCOCC3)C2)s1. The van der Waals surface area contributed by atoms with Crippen LogP contribution < -0.4 is 0 Å². The highest BCUT2D eigenvalue weighted by Gasteiger charge is 2.43. The molecule has 2 aliphatic rings. The molecular formula is C13H19N3O4S2. The summed E-state index contributed by atoms with van der Waals surface area (Å²) >= 11 is 1.38. The van der Waals surface area contributed by atoms with Crippen molar-refractivity contribution in [2.24, 2.45) is 0 Å². The summed E-state index contributed by atoms with van der Waals surface area (Å²) in [4.78, 5) is 18.6. The number of ether oxygens (including phenoxy) is 1. The van der Waals surface area contributed by atoms with Crippen molar-refractivity contribution < 1.29 is 17.9 Å². The molecule has 2 saturated heterocycles. The third kappa shape index (κ3) is 2.90. The number of nitrogens with zero attached hydrogens (tertiary/aromatic N) is 3. The predicted octanol–water partition coefficient (Wildman–Crippen LogP) is 0.192. The lowest BCUT2D eigenvalue weighted by Gasteiger charge is -2.41. The van der Waals surface area contributed by atoms with Gasteiger partial charge in [0.05, 0.1) is 24.4 Å². The van der Waals surface area contributed by atoms with Gasteiger partial charge in [-0.05, 0) is 6.42 Å². The number of hydrogen-bond acceptors (Lipinski definition) is 6. The highest BCUT2D eigenvalue weighted by atomic mass is 32.2. The largest absolute Gasteiger partial charge is 0.379 e. The van der Waals surface area contributed by atoms with Crippen LogP contribution in [0.1, 0.15) is 21.6 Å². The smallest absolute Gasteiger partial charge is 0.265 e. The molecule has 9 heteroatoms. The number of likely N-dealkylation sites (tertiary alicyclic amines) is 1. The van der Waals surface area contributed by atoms with Crippen molar-refractivity contribution >= 4 is 27.3 Å². The van der Waals surface area contributed by atoms with Gasteiger partial charge in [-0.25, -0.2) is 13.4 Å². The van der Waals surface area contributed by atoms with Crippen LogP contribution in [0.2, 0.25) is 0 Å². The number of hydrogen-bond donors (Lipinski definition) is 0. The minimum Gasteiger partial charge on any atom is -0.379 e. The molecule has 0 N–H and O–H groups in total. The molecule has 3 rings (SSSR count). The van der Waals surface area contributed by atoms with Crippen LogP contribution in [0.4, 0.5) is 0 Å². The molecule has 0 radical (unpaired) electrons. The normalized spacial score (nSPS) is 20.9. The van der Waals surface area contributed by atoms with Gasteiger partial charge in [0.15, 0.2) is 0 Å². The molecule has 0 aliphatic carbocycles. The molecule has 0 bridgehead atoms. The van der Waals surface area contributed by atoms with E-state index in [9.17, 15) is 13.2 Å². The highest BCUT2D eigenvalue weighted by Crippen LogP contribution is 2.24. The average Bonchev–Trinajstić information content (AvgIpc) is 2.95. The molecular weight excluding hydrogens is 326 g/mol. The predicted molar refractivity (Wildman–Crippen MR) is 82.5 cm³/mol. The topological polar surface area (TPSA) is 79.8 Å². The number of rotatable bonds is 4. The van der Waals surface area contributed by atoms with Crippen LogP contribution in [0, 0.1) is 0 Å². The number of sulfonamides is 1. The fourth-order valence-electron chi connectivity index (χ4n) is 2.53. The van der Waals surface area contributed by atoms with Crippen molar-refractivity contribution in [1.82, 2.24) is 14.2 Å². The van der Waals surface area contributed by atoms with Crippen LogP contribution in [-0.2, 0) is 21.2 Å². The summed E-state index contributed by atoms with van der Waals surface area (Å²) in [5.74, 6) is -0.120. The quantitative estimate of drug-likeness (QED) is 0.778. The zero-order valence-electron chi connectivity index (χ0n) is 12.4. The number of amides is 1. The second-order valence-electron chi connectivity index (χ2n) is 5.36. The van der Waals surface area contributed by atoms with Gasteiger partial charge >= 0.3 is 0 Å². The van der Waals surface area contributed by atoms with Crippen molar-refractivity contribution in [3.63, 3.8) is 0 Å². The van der Waals surface area contributed by atoms with Gasteiger partial charge in [-0.3, -0.25) is 4.79 Å². The second kappa shape index (κ2) is 6.23. The van der Waals surface area contributed by atoms with Crippen molar-refractivity contribution in [3.05, 3.63) is 16.1 Å². The van der Waals surface area contributed by atoms with Gasteiger partial charge in [0.1, 0.15) is 10.1 Å². The molecule has 122 valence electrons. The monoisotopic (exact) mass is 345 g/mol. The van der Waals surface area contributed by atoms with E-state index in [0.29, 0.717) is 31.2 Å². The molecule has 22 heavy (non-hydrogen) atoms. The maximum Gasteiger partial charge on any atom is 0.265 e. The Morgan fingerprint density at radius 3 is 2.68 bits per heavy atom. The Morgan fingerprint density at radius 1 is 1.41 bits per heavy atom. The highest BCUT2D eigenvalue weighted by molar-refractivity contribution is 7.89. The van der Waals surface area contributed by atoms with E-state index in [1.807, 2.05) is 6.92 Å². The Kier molecular flexibility index (Phi) is 4.49. The third-order valence-electron chi connectivity index (χ3n) is 3.95. The zero-order chi connectivity index (χ0) is 15.7. The maximum atomic E-state index is 12.4. The van der Waals surface area contributed by atoms with Crippen LogP contribution in [0.25, 0.3) is 0 Å². The summed E-state index contributed by atoms with van der Waals surface area (Å²) in [6, 6.07) is 0. The van der Waals surface area contributed by atoms with Crippen molar-refractivity contribution in [1.29, 1.82) is 0 Å². The first-order valence-electron chi connectivity index (χ1n) is 7.33. The fraction of sp³-hybridized carbons (Fsp3) is 0.692. The molecule has 0 aromatic carbocycles. The average molecular weight is 345 g/mol. The molecule has 7 nitrogen and oxygen atoms in total. The van der Waals surface area contributed by atoms with E-state index in [2.05, 4.69) is 4.98 Å². The van der Waals surface area contributed by atoms with Crippen LogP contribution in [-0.4, -0.2) is 73.2 Å². The van der Waals surface area contributed by atoms with E-state index in [1.54, 1.807) is 11.1 Å². The number of carbonyl (C=O) groups excluding carboxylic acids is 1. The van der Waals surface area contributed by atoms with E-state index >= 15 is 0 Å². The van der Waals surface area contributed by atoms with E-state index in [-0.39, 0.29) is 19.0 Å². The van der Waals surface area contributed by atoms with E-state index < -0.39 is 15.3 Å². The first-order chi connectivity index (χ1) is 10.5. The van der Waals surface area contributed by atoms with Gasteiger partial charge in [0.25, 0.3) is 5.91 Å². The second-order valence-corrected chi connectivity index (χ2v) is 8.69. The van der Waals surface area contributed by atoms with Gasteiger partial charge < -0.3 is 9.64 Å². The van der Waals surface area contributed by atoms with Crippen LogP contribution in [0.5, 0.6) is 0 Å². The molecule has 0 atom stereocenters. The Bertz CT molecular complexity index is 646. The summed E-state index contributed by atoms with van der Waals surface area (Å²) in [5, 5.41) is 0.425. The molecule has 0 unspecified atom stereocenters. The molecule has 3 heterocycles. The fourth-order valence-corrected chi connectivity index (χ4v) is 5.17. The summed E-state index contributed by atoms with van der Waals surface area (Å²) in [6.07, 6.45) is 2.38. The Morgan fingerprint density at radius 2 is 2.09 bits per heavy atom. The van der Waals surface area contributed by atoms with Gasteiger partial charge in [-0.1, -0.05) is 6.92 Å². The Labute approximate surface area is 133 Å². The van der Waals surface area contributed by atoms with Gasteiger partial charge in [0.2, 0.25) is 10.0 Å². The first kappa shape index (κ1) is 15.9. The molecule has 1 aromatic heterocycles. The molecule has 2 aliphatic heterocycles. The summed E-state index contributed by atoms with van der Waals surface area (Å²) < 4.78 is 31.5. The van der Waals surface area contributed by atoms with Crippen molar-refractivity contribution in [3.8, 4) is 0 Å². The van der Waals surface area contributed by atoms with E-state index in [4.69, 9.17) is 4.74 Å². The van der Waals surface area contributed by atoms with Gasteiger partial charge in [-0.15, -0.1) is 11.3 Å². The van der Waals surface area contributed by atoms with Gasteiger partial charge in [-0.2, -0.15) is 4.31 Å². The van der Waals surface area contributed by atoms with Crippen LogP contribution in [0.3, 0.4) is 0 Å². The molecule has 2 fully saturated rings. The number of thiazole rings is 1. The van der Waals surface area contributed by atoms with E-state index in [0.717, 1.165) is 11.4 Å². The molecule has 1 aromatic rings. The molecule has 0 saturated carbocycles. The lowest BCUT2D eigenvalue weighted by molar-refractivity contribution is 0.0620. The molecule has 0 spiro atoms. The standard InChI is InChI=1S/C13H19N3O4S2/c1-2-12-14-7-11(21-12)13(17)15-8-10(9-15)22(18,19)16-3-5-20-6-4-16/h7,10H,2-6,8-9H2,1H3. The van der Waals surface area contributed by atoms with Crippen LogP contribution >= 0.6 is 11.3 Å². The third-order valence-corrected chi connectivity index (χ3v) is 7.31. The zero-order valence-corrected chi connectivity index (χ0v) is 14.0. The Balaban J connectivity index is 1.60. The van der Waals surface area contributed by atoms with E-state index in [1.165, 1.54) is 15.6 Å². The lowest BCUT2D eigenvalue weighted by atomic mass is 10.2. The lowest BCUT2D eigenvalue weighted by Crippen LogP contribution is -2.60. The minimum atomic E-state index is -3.33. The number of aromatic nitrogens is 1. The summed E-state index contributed by atoms with van der Waals surface area (Å²) in [6.45, 7) is 4.20. The number of aryl methyl sites for hydroxylation is 1. The van der Waals surface area contributed by atoms with Crippen LogP contribution in [0.15, 0.2) is 6.20 Å².